The van der Waals surface area contributed by atoms with Gasteiger partial charge in [0.2, 0.25) is 0 Å². The molecule has 1 aromatic carbocycles. The molecule has 2 aliphatic rings. The summed E-state index contributed by atoms with van der Waals surface area (Å²) in [5, 5.41) is 21.1. The van der Waals surface area contributed by atoms with E-state index < -0.39 is 4.92 Å². The Bertz CT molecular complexity index is 732. The van der Waals surface area contributed by atoms with Crippen LogP contribution in [0, 0.1) is 10.1 Å². The van der Waals surface area contributed by atoms with Crippen LogP contribution in [-0.4, -0.2) is 41.7 Å². The number of para-hydroxylation sites is 2. The summed E-state index contributed by atoms with van der Waals surface area (Å²) < 4.78 is 5.03. The van der Waals surface area contributed by atoms with Crippen LogP contribution in [0.1, 0.15) is 13.3 Å². The number of hydrogen-bond donors (Lipinski definition) is 0. The number of fused-ring (bicyclic) bond motifs is 1. The van der Waals surface area contributed by atoms with Crippen LogP contribution in [0.4, 0.5) is 11.4 Å². The van der Waals surface area contributed by atoms with Gasteiger partial charge in [-0.2, -0.15) is 5.11 Å². The number of carbonyl (C=O) groups is 1. The second kappa shape index (κ2) is 6.26. The summed E-state index contributed by atoms with van der Waals surface area (Å²) in [7, 11) is 1.79. The van der Waals surface area contributed by atoms with Crippen LogP contribution in [0.25, 0.3) is 0 Å². The highest BCUT2D eigenvalue weighted by atomic mass is 16.6. The number of carbonyl (C=O) groups excluding carboxylic acids is 1. The molecule has 0 spiro atoms. The summed E-state index contributed by atoms with van der Waals surface area (Å²) >= 11 is 0. The molecule has 2 aliphatic heterocycles. The topological polar surface area (TPSA) is 101 Å². The fourth-order valence-electron chi connectivity index (χ4n) is 2.95. The zero-order valence-corrected chi connectivity index (χ0v) is 13.3. The first kappa shape index (κ1) is 15.9. The van der Waals surface area contributed by atoms with Crippen molar-refractivity contribution in [1.82, 2.24) is 4.90 Å². The second-order valence-corrected chi connectivity index (χ2v) is 5.52. The Morgan fingerprint density at radius 2 is 2.21 bits per heavy atom. The molecule has 3 rings (SSSR count). The lowest BCUT2D eigenvalue weighted by atomic mass is 10.00. The Labute approximate surface area is 138 Å². The second-order valence-electron chi connectivity index (χ2n) is 5.52. The van der Waals surface area contributed by atoms with E-state index in [0.29, 0.717) is 24.3 Å². The SMILES string of the molecule is CCOC(=O)C1=CN(C)C2C(C1)N=NN2c1ccccc1[N+](=O)[O-]. The van der Waals surface area contributed by atoms with Crippen LogP contribution in [0.15, 0.2) is 46.4 Å². The number of nitro groups is 1. The van der Waals surface area contributed by atoms with E-state index in [-0.39, 0.29) is 23.9 Å². The molecule has 0 N–H and O–H groups in total. The smallest absolute Gasteiger partial charge is 0.335 e. The monoisotopic (exact) mass is 331 g/mol. The van der Waals surface area contributed by atoms with Gasteiger partial charge in [-0.25, -0.2) is 9.80 Å². The maximum absolute atomic E-state index is 11.9. The number of likely N-dealkylation sites (N-methyl/N-ethyl adjacent to an activating group) is 1. The molecule has 0 amide bonds. The van der Waals surface area contributed by atoms with Crippen molar-refractivity contribution in [3.8, 4) is 0 Å². The molecule has 0 aliphatic carbocycles. The number of nitrogens with zero attached hydrogens (tertiary/aromatic N) is 5. The highest BCUT2D eigenvalue weighted by Crippen LogP contribution is 2.37. The molecule has 126 valence electrons. The van der Waals surface area contributed by atoms with Crippen molar-refractivity contribution >= 4 is 17.3 Å². The first-order chi connectivity index (χ1) is 11.5. The number of benzene rings is 1. The first-order valence-corrected chi connectivity index (χ1v) is 7.56. The standard InChI is InChI=1S/C15H17N5O4/c1-3-24-15(21)10-8-11-14(18(2)9-10)19(17-16-11)12-6-4-5-7-13(12)20(22)23/h4-7,9,11,14H,3,8H2,1-2H3. The number of rotatable bonds is 4. The van der Waals surface area contributed by atoms with Gasteiger partial charge in [0.05, 0.1) is 17.1 Å². The summed E-state index contributed by atoms with van der Waals surface area (Å²) in [4.78, 5) is 24.5. The van der Waals surface area contributed by atoms with Crippen molar-refractivity contribution in [2.75, 3.05) is 18.7 Å². The molecule has 9 nitrogen and oxygen atoms in total. The van der Waals surface area contributed by atoms with E-state index >= 15 is 0 Å². The van der Waals surface area contributed by atoms with Gasteiger partial charge in [-0.15, -0.1) is 0 Å². The third kappa shape index (κ3) is 2.68. The lowest BCUT2D eigenvalue weighted by molar-refractivity contribution is -0.384. The predicted molar refractivity (Wildman–Crippen MR) is 85.1 cm³/mol. The van der Waals surface area contributed by atoms with Gasteiger partial charge < -0.3 is 9.64 Å². The van der Waals surface area contributed by atoms with E-state index in [1.54, 1.807) is 43.3 Å². The van der Waals surface area contributed by atoms with Gasteiger partial charge in [0.15, 0.2) is 0 Å². The normalized spacial score (nSPS) is 22.2. The molecule has 0 radical (unpaired) electrons. The van der Waals surface area contributed by atoms with E-state index in [9.17, 15) is 14.9 Å². The molecule has 24 heavy (non-hydrogen) atoms. The van der Waals surface area contributed by atoms with E-state index in [2.05, 4.69) is 10.3 Å². The molecule has 0 saturated heterocycles. The van der Waals surface area contributed by atoms with Crippen LogP contribution in [0.3, 0.4) is 0 Å². The Balaban J connectivity index is 1.90. The number of ether oxygens (including phenoxy) is 1. The van der Waals surface area contributed by atoms with Crippen LogP contribution in [0.5, 0.6) is 0 Å². The van der Waals surface area contributed by atoms with Crippen molar-refractivity contribution in [2.45, 2.75) is 25.6 Å². The minimum Gasteiger partial charge on any atom is -0.463 e. The molecule has 2 unspecified atom stereocenters. The highest BCUT2D eigenvalue weighted by molar-refractivity contribution is 5.88. The Morgan fingerprint density at radius 1 is 1.46 bits per heavy atom. The van der Waals surface area contributed by atoms with E-state index in [0.717, 1.165) is 0 Å². The third-order valence-corrected chi connectivity index (χ3v) is 3.96. The minimum absolute atomic E-state index is 0.0364. The maximum Gasteiger partial charge on any atom is 0.335 e. The van der Waals surface area contributed by atoms with Crippen molar-refractivity contribution in [2.24, 2.45) is 10.3 Å². The van der Waals surface area contributed by atoms with Crippen LogP contribution >= 0.6 is 0 Å². The Kier molecular flexibility index (Phi) is 4.15. The Hall–Kier alpha value is -2.97. The number of nitro benzene ring substituents is 1. The number of hydrogen-bond acceptors (Lipinski definition) is 8. The summed E-state index contributed by atoms with van der Waals surface area (Å²) in [6.07, 6.45) is 1.76. The summed E-state index contributed by atoms with van der Waals surface area (Å²) in [6.45, 7) is 2.05. The zero-order chi connectivity index (χ0) is 17.3. The molecular formula is C15H17N5O4. The molecule has 1 aromatic rings. The van der Waals surface area contributed by atoms with E-state index in [1.807, 2.05) is 0 Å². The van der Waals surface area contributed by atoms with Gasteiger partial charge in [0, 0.05) is 25.7 Å². The van der Waals surface area contributed by atoms with Crippen molar-refractivity contribution < 1.29 is 14.5 Å². The number of anilines is 1. The quantitative estimate of drug-likeness (QED) is 0.476. The van der Waals surface area contributed by atoms with E-state index in [1.165, 1.54) is 11.1 Å². The highest BCUT2D eigenvalue weighted by Gasteiger charge is 2.42. The van der Waals surface area contributed by atoms with Gasteiger partial charge in [0.25, 0.3) is 5.69 Å². The average Bonchev–Trinajstić information content (AvgIpc) is 2.99. The van der Waals surface area contributed by atoms with Crippen molar-refractivity contribution in [3.05, 3.63) is 46.2 Å². The van der Waals surface area contributed by atoms with Gasteiger partial charge >= 0.3 is 5.97 Å². The first-order valence-electron chi connectivity index (χ1n) is 7.56. The predicted octanol–water partition coefficient (Wildman–Crippen LogP) is 2.26. The summed E-state index contributed by atoms with van der Waals surface area (Å²) in [6, 6.07) is 6.10. The molecular weight excluding hydrogens is 314 g/mol. The lowest BCUT2D eigenvalue weighted by Crippen LogP contribution is -2.48. The maximum atomic E-state index is 11.9. The van der Waals surface area contributed by atoms with Gasteiger partial charge in [-0.05, 0) is 13.0 Å². The minimum atomic E-state index is -0.444. The van der Waals surface area contributed by atoms with Crippen molar-refractivity contribution in [3.63, 3.8) is 0 Å². The molecule has 0 saturated carbocycles. The lowest BCUT2D eigenvalue weighted by Gasteiger charge is -2.36. The largest absolute Gasteiger partial charge is 0.463 e. The fourth-order valence-corrected chi connectivity index (χ4v) is 2.95. The molecule has 0 aromatic heterocycles. The van der Waals surface area contributed by atoms with Gasteiger partial charge in [-0.3, -0.25) is 10.1 Å². The summed E-state index contributed by atoms with van der Waals surface area (Å²) in [5.41, 5.74) is 0.855. The fraction of sp³-hybridized carbons (Fsp3) is 0.400. The van der Waals surface area contributed by atoms with Gasteiger partial charge in [0.1, 0.15) is 17.9 Å². The third-order valence-electron chi connectivity index (χ3n) is 3.96. The molecule has 2 heterocycles. The van der Waals surface area contributed by atoms with Crippen LogP contribution in [0.2, 0.25) is 0 Å². The van der Waals surface area contributed by atoms with E-state index in [4.69, 9.17) is 4.74 Å². The molecule has 0 bridgehead atoms. The summed E-state index contributed by atoms with van der Waals surface area (Å²) in [5.74, 6) is -0.373. The average molecular weight is 331 g/mol. The zero-order valence-electron chi connectivity index (χ0n) is 13.3. The van der Waals surface area contributed by atoms with Crippen LogP contribution in [-0.2, 0) is 9.53 Å². The number of esters is 1. The van der Waals surface area contributed by atoms with Crippen molar-refractivity contribution in [1.29, 1.82) is 0 Å². The molecule has 0 fully saturated rings. The Morgan fingerprint density at radius 3 is 2.92 bits per heavy atom. The van der Waals surface area contributed by atoms with Crippen LogP contribution < -0.4 is 5.01 Å². The molecule has 9 heteroatoms. The van der Waals surface area contributed by atoms with Gasteiger partial charge in [-0.1, -0.05) is 17.4 Å². The molecule has 2 atom stereocenters.